The number of anilines is 2. The largest absolute Gasteiger partial charge is 0.417 e. The second-order valence-electron chi connectivity index (χ2n) is 6.01. The van der Waals surface area contributed by atoms with E-state index in [2.05, 4.69) is 15.5 Å². The number of nitrogens with one attached hydrogen (secondary N) is 1. The van der Waals surface area contributed by atoms with Gasteiger partial charge >= 0.3 is 6.18 Å². The summed E-state index contributed by atoms with van der Waals surface area (Å²) in [5.74, 6) is -0.373. The molecule has 0 aliphatic carbocycles. The van der Waals surface area contributed by atoms with E-state index in [0.29, 0.717) is 16.9 Å². The van der Waals surface area contributed by atoms with Crippen LogP contribution in [0.4, 0.5) is 24.5 Å². The second-order valence-corrected chi connectivity index (χ2v) is 6.01. The maximum absolute atomic E-state index is 12.7. The van der Waals surface area contributed by atoms with Gasteiger partial charge in [0.15, 0.2) is 5.60 Å². The van der Waals surface area contributed by atoms with Crippen molar-refractivity contribution >= 4 is 11.4 Å². The molecule has 28 heavy (non-hydrogen) atoms. The number of alkyl halides is 3. The number of aromatic nitrogens is 2. The molecule has 3 aromatic rings. The van der Waals surface area contributed by atoms with E-state index in [1.54, 1.807) is 24.3 Å². The van der Waals surface area contributed by atoms with Crippen molar-refractivity contribution in [2.75, 3.05) is 18.5 Å². The average Bonchev–Trinajstić information content (AvgIpc) is 3.18. The van der Waals surface area contributed by atoms with E-state index in [4.69, 9.17) is 4.42 Å². The summed E-state index contributed by atoms with van der Waals surface area (Å²) in [6.07, 6.45) is -4.42. The lowest BCUT2D eigenvalue weighted by atomic mass is 10.1. The summed E-state index contributed by atoms with van der Waals surface area (Å²) in [6.45, 7) is -1.65. The lowest BCUT2D eigenvalue weighted by Crippen LogP contribution is -2.34. The highest BCUT2D eigenvalue weighted by atomic mass is 19.4. The molecule has 0 amide bonds. The highest BCUT2D eigenvalue weighted by Crippen LogP contribution is 2.33. The van der Waals surface area contributed by atoms with Gasteiger partial charge in [-0.25, -0.2) is 0 Å². The number of aliphatic hydroxyl groups is 3. The van der Waals surface area contributed by atoms with E-state index in [1.165, 1.54) is 12.1 Å². The first-order valence-electron chi connectivity index (χ1n) is 8.08. The van der Waals surface area contributed by atoms with Crippen molar-refractivity contribution in [1.29, 1.82) is 0 Å². The summed E-state index contributed by atoms with van der Waals surface area (Å²) >= 11 is 0. The van der Waals surface area contributed by atoms with Gasteiger partial charge in [-0.1, -0.05) is 12.1 Å². The molecule has 10 heteroatoms. The number of benzene rings is 2. The lowest BCUT2D eigenvalue weighted by Gasteiger charge is -2.17. The molecule has 0 fully saturated rings. The minimum Gasteiger partial charge on any atom is -0.417 e. The van der Waals surface area contributed by atoms with Crippen molar-refractivity contribution < 1.29 is 32.9 Å². The van der Waals surface area contributed by atoms with Gasteiger partial charge < -0.3 is 25.1 Å². The number of hydrogen-bond acceptors (Lipinski definition) is 7. The molecular weight excluding hydrogens is 379 g/mol. The van der Waals surface area contributed by atoms with Crippen molar-refractivity contribution in [1.82, 2.24) is 10.2 Å². The van der Waals surface area contributed by atoms with Gasteiger partial charge in [-0.05, 0) is 36.4 Å². The number of rotatable bonds is 6. The Morgan fingerprint density at radius 2 is 1.57 bits per heavy atom. The monoisotopic (exact) mass is 395 g/mol. The molecule has 0 saturated carbocycles. The molecule has 1 heterocycles. The zero-order valence-corrected chi connectivity index (χ0v) is 14.3. The van der Waals surface area contributed by atoms with Gasteiger partial charge in [0.05, 0.1) is 30.0 Å². The Morgan fingerprint density at radius 3 is 2.18 bits per heavy atom. The zero-order chi connectivity index (χ0) is 20.4. The summed E-state index contributed by atoms with van der Waals surface area (Å²) in [4.78, 5) is 0. The predicted molar refractivity (Wildman–Crippen MR) is 92.5 cm³/mol. The Bertz CT molecular complexity index is 938. The molecule has 0 atom stereocenters. The lowest BCUT2D eigenvalue weighted by molar-refractivity contribution is -0.137. The number of halogens is 3. The third-order valence-corrected chi connectivity index (χ3v) is 3.99. The summed E-state index contributed by atoms with van der Waals surface area (Å²) in [5.41, 5.74) is -1.56. The number of aliphatic hydroxyl groups excluding tert-OH is 2. The first kappa shape index (κ1) is 19.8. The van der Waals surface area contributed by atoms with Crippen LogP contribution in [-0.2, 0) is 11.8 Å². The Balaban J connectivity index is 1.89. The smallest absolute Gasteiger partial charge is 0.416 e. The third-order valence-electron chi connectivity index (χ3n) is 3.99. The number of para-hydroxylation sites is 1. The van der Waals surface area contributed by atoms with Crippen LogP contribution < -0.4 is 5.32 Å². The molecular formula is C18H16F3N3O4. The molecule has 4 N–H and O–H groups in total. The van der Waals surface area contributed by atoms with Crippen LogP contribution in [0, 0.1) is 0 Å². The molecule has 7 nitrogen and oxygen atoms in total. The second kappa shape index (κ2) is 7.58. The number of nitrogens with zero attached hydrogens (tertiary/aromatic N) is 2. The van der Waals surface area contributed by atoms with E-state index in [0.717, 1.165) is 12.1 Å². The first-order valence-corrected chi connectivity index (χ1v) is 8.08. The zero-order valence-electron chi connectivity index (χ0n) is 14.3. The van der Waals surface area contributed by atoms with Crippen LogP contribution >= 0.6 is 0 Å². The quantitative estimate of drug-likeness (QED) is 0.508. The van der Waals surface area contributed by atoms with Crippen LogP contribution in [0.5, 0.6) is 0 Å². The minimum absolute atomic E-state index is 0.00895. The molecule has 2 aromatic carbocycles. The molecule has 0 saturated heterocycles. The van der Waals surface area contributed by atoms with Gasteiger partial charge in [-0.2, -0.15) is 13.2 Å². The fraction of sp³-hybridized carbons (Fsp3) is 0.222. The fourth-order valence-electron chi connectivity index (χ4n) is 2.38. The SMILES string of the molecule is OCC(O)(CO)c1nnc(-c2ccccc2Nc2ccc(C(F)(F)F)cc2)o1. The van der Waals surface area contributed by atoms with E-state index in [9.17, 15) is 28.5 Å². The summed E-state index contributed by atoms with van der Waals surface area (Å²) in [6, 6.07) is 11.1. The highest BCUT2D eigenvalue weighted by molar-refractivity contribution is 5.76. The maximum Gasteiger partial charge on any atom is 0.416 e. The molecule has 148 valence electrons. The molecule has 0 radical (unpaired) electrons. The van der Waals surface area contributed by atoms with Crippen LogP contribution in [0.15, 0.2) is 52.9 Å². The van der Waals surface area contributed by atoms with Crippen molar-refractivity contribution in [2.45, 2.75) is 11.8 Å². The number of hydrogen-bond donors (Lipinski definition) is 4. The van der Waals surface area contributed by atoms with E-state index in [1.807, 2.05) is 0 Å². The van der Waals surface area contributed by atoms with E-state index in [-0.39, 0.29) is 11.8 Å². The molecule has 0 unspecified atom stereocenters. The van der Waals surface area contributed by atoms with Gasteiger partial charge in [0, 0.05) is 5.69 Å². The Kier molecular flexibility index (Phi) is 5.36. The van der Waals surface area contributed by atoms with Crippen LogP contribution in [-0.4, -0.2) is 38.7 Å². The Labute approximate surface area is 157 Å². The van der Waals surface area contributed by atoms with Crippen LogP contribution in [0.2, 0.25) is 0 Å². The summed E-state index contributed by atoms with van der Waals surface area (Å²) in [5, 5.41) is 38.9. The maximum atomic E-state index is 12.7. The van der Waals surface area contributed by atoms with Gasteiger partial charge in [0.1, 0.15) is 0 Å². The van der Waals surface area contributed by atoms with Crippen molar-refractivity contribution in [3.8, 4) is 11.5 Å². The molecule has 0 bridgehead atoms. The van der Waals surface area contributed by atoms with E-state index >= 15 is 0 Å². The summed E-state index contributed by atoms with van der Waals surface area (Å²) < 4.78 is 43.4. The van der Waals surface area contributed by atoms with Crippen molar-refractivity contribution in [3.63, 3.8) is 0 Å². The van der Waals surface area contributed by atoms with E-state index < -0.39 is 30.6 Å². The van der Waals surface area contributed by atoms with Gasteiger partial charge in [-0.3, -0.25) is 0 Å². The topological polar surface area (TPSA) is 112 Å². The van der Waals surface area contributed by atoms with Gasteiger partial charge in [0.2, 0.25) is 5.89 Å². The van der Waals surface area contributed by atoms with Crippen molar-refractivity contribution in [2.24, 2.45) is 0 Å². The average molecular weight is 395 g/mol. The molecule has 3 rings (SSSR count). The fourth-order valence-corrected chi connectivity index (χ4v) is 2.38. The van der Waals surface area contributed by atoms with Crippen LogP contribution in [0.3, 0.4) is 0 Å². The molecule has 0 aliphatic heterocycles. The summed E-state index contributed by atoms with van der Waals surface area (Å²) in [7, 11) is 0. The first-order chi connectivity index (χ1) is 13.3. The molecule has 0 aliphatic rings. The minimum atomic E-state index is -4.42. The Morgan fingerprint density at radius 1 is 0.929 bits per heavy atom. The van der Waals surface area contributed by atoms with Gasteiger partial charge in [0.25, 0.3) is 5.89 Å². The highest BCUT2D eigenvalue weighted by Gasteiger charge is 2.34. The normalized spacial score (nSPS) is 12.2. The van der Waals surface area contributed by atoms with Crippen LogP contribution in [0.1, 0.15) is 11.5 Å². The van der Waals surface area contributed by atoms with Gasteiger partial charge in [-0.15, -0.1) is 10.2 Å². The predicted octanol–water partition coefficient (Wildman–Crippen LogP) is 2.67. The third kappa shape index (κ3) is 3.98. The van der Waals surface area contributed by atoms with Crippen LogP contribution in [0.25, 0.3) is 11.5 Å². The standard InChI is InChI=1S/C18H16F3N3O4/c19-18(20,21)11-5-7-12(8-6-11)22-14-4-2-1-3-13(14)15-23-24-16(28-15)17(27,9-25)10-26/h1-8,22,25-27H,9-10H2. The molecule has 0 spiro atoms. The van der Waals surface area contributed by atoms with Crippen molar-refractivity contribution in [3.05, 3.63) is 60.0 Å². The molecule has 1 aromatic heterocycles. The Hall–Kier alpha value is -2.95.